The van der Waals surface area contributed by atoms with Gasteiger partial charge in [0.15, 0.2) is 11.5 Å². The van der Waals surface area contributed by atoms with Crippen LogP contribution in [-0.2, 0) is 13.0 Å². The second-order valence-electron chi connectivity index (χ2n) is 6.15. The number of benzene rings is 2. The Balaban J connectivity index is 2.05. The molecule has 2 rings (SSSR count). The Kier molecular flexibility index (Phi) is 7.89. The number of aryl methyl sites for hydroxylation is 1. The molecule has 0 atom stereocenters. The molecule has 0 aliphatic heterocycles. The van der Waals surface area contributed by atoms with Crippen LogP contribution in [0.15, 0.2) is 36.4 Å². The Morgan fingerprint density at radius 3 is 2.44 bits per heavy atom. The third kappa shape index (κ3) is 6.43. The lowest BCUT2D eigenvalue weighted by Crippen LogP contribution is -2.13. The van der Waals surface area contributed by atoms with Crippen molar-refractivity contribution in [2.75, 3.05) is 27.2 Å². The molecule has 25 heavy (non-hydrogen) atoms. The summed E-state index contributed by atoms with van der Waals surface area (Å²) in [5.41, 5.74) is 2.14. The van der Waals surface area contributed by atoms with E-state index in [0.717, 1.165) is 36.4 Å². The van der Waals surface area contributed by atoms with E-state index in [0.29, 0.717) is 23.3 Å². The molecule has 0 bridgehead atoms. The van der Waals surface area contributed by atoms with Crippen LogP contribution in [0.1, 0.15) is 24.5 Å². The van der Waals surface area contributed by atoms with Crippen molar-refractivity contribution in [3.05, 3.63) is 57.6 Å². The first-order chi connectivity index (χ1) is 12.0. The molecule has 5 heteroatoms. The first-order valence-corrected chi connectivity index (χ1v) is 9.22. The van der Waals surface area contributed by atoms with E-state index in [4.69, 9.17) is 32.7 Å². The number of halogens is 2. The molecule has 0 N–H and O–H groups in total. The molecule has 0 heterocycles. The van der Waals surface area contributed by atoms with E-state index >= 15 is 0 Å². The molecule has 0 unspecified atom stereocenters. The minimum atomic E-state index is 0.371. The van der Waals surface area contributed by atoms with Crippen LogP contribution >= 0.6 is 23.2 Å². The zero-order chi connectivity index (χ0) is 18.2. The summed E-state index contributed by atoms with van der Waals surface area (Å²) >= 11 is 12.1. The minimum absolute atomic E-state index is 0.371. The molecule has 0 aliphatic rings. The molecule has 0 saturated carbocycles. The van der Waals surface area contributed by atoms with E-state index in [-0.39, 0.29) is 0 Å². The predicted octanol–water partition coefficient (Wildman–Crippen LogP) is 5.47. The molecule has 3 nitrogen and oxygen atoms in total. The smallest absolute Gasteiger partial charge is 0.161 e. The fourth-order valence-corrected chi connectivity index (χ4v) is 2.95. The van der Waals surface area contributed by atoms with Gasteiger partial charge in [-0.3, -0.25) is 0 Å². The number of hydrogen-bond donors (Lipinski definition) is 0. The zero-order valence-corrected chi connectivity index (χ0v) is 16.5. The lowest BCUT2D eigenvalue weighted by atomic mass is 10.1. The van der Waals surface area contributed by atoms with E-state index in [1.807, 2.05) is 25.1 Å². The predicted molar refractivity (Wildman–Crippen MR) is 105 cm³/mol. The van der Waals surface area contributed by atoms with E-state index < -0.39 is 0 Å². The summed E-state index contributed by atoms with van der Waals surface area (Å²) in [6.07, 6.45) is 2.13. The fraction of sp³-hybridized carbons (Fsp3) is 0.400. The summed E-state index contributed by atoms with van der Waals surface area (Å²) in [6.45, 7) is 4.01. The fourth-order valence-electron chi connectivity index (χ4n) is 2.49. The number of rotatable bonds is 9. The normalized spacial score (nSPS) is 11.0. The van der Waals surface area contributed by atoms with E-state index in [9.17, 15) is 0 Å². The van der Waals surface area contributed by atoms with Gasteiger partial charge in [0.05, 0.1) is 6.61 Å². The van der Waals surface area contributed by atoms with Crippen LogP contribution in [0, 0.1) is 0 Å². The van der Waals surface area contributed by atoms with Gasteiger partial charge in [-0.25, -0.2) is 0 Å². The maximum Gasteiger partial charge on any atom is 0.161 e. The lowest BCUT2D eigenvalue weighted by molar-refractivity contribution is 0.269. The molecule has 0 saturated heterocycles. The van der Waals surface area contributed by atoms with Crippen LogP contribution < -0.4 is 9.47 Å². The van der Waals surface area contributed by atoms with Crippen LogP contribution in [0.4, 0.5) is 0 Å². The molecule has 0 aromatic heterocycles. The van der Waals surface area contributed by atoms with Gasteiger partial charge in [-0.2, -0.15) is 0 Å². The van der Waals surface area contributed by atoms with Crippen molar-refractivity contribution in [1.82, 2.24) is 4.90 Å². The minimum Gasteiger partial charge on any atom is -0.490 e. The molecule has 0 amide bonds. The highest BCUT2D eigenvalue weighted by atomic mass is 35.5. The van der Waals surface area contributed by atoms with Gasteiger partial charge < -0.3 is 14.4 Å². The summed E-state index contributed by atoms with van der Waals surface area (Å²) < 4.78 is 11.7. The van der Waals surface area contributed by atoms with Crippen LogP contribution in [0.3, 0.4) is 0 Å². The molecule has 2 aromatic rings. The van der Waals surface area contributed by atoms with Gasteiger partial charge in [-0.15, -0.1) is 0 Å². The summed E-state index contributed by atoms with van der Waals surface area (Å²) in [5, 5.41) is 1.22. The van der Waals surface area contributed by atoms with Crippen molar-refractivity contribution in [2.24, 2.45) is 0 Å². The average Bonchev–Trinajstić information content (AvgIpc) is 2.55. The maximum absolute atomic E-state index is 6.20. The maximum atomic E-state index is 6.20. The van der Waals surface area contributed by atoms with Crippen LogP contribution in [0.5, 0.6) is 11.5 Å². The van der Waals surface area contributed by atoms with Gasteiger partial charge in [0, 0.05) is 15.6 Å². The van der Waals surface area contributed by atoms with E-state index in [2.05, 4.69) is 31.1 Å². The second-order valence-corrected chi connectivity index (χ2v) is 6.99. The molecule has 0 aliphatic carbocycles. The highest BCUT2D eigenvalue weighted by molar-refractivity contribution is 6.35. The van der Waals surface area contributed by atoms with Gasteiger partial charge in [0.1, 0.15) is 6.61 Å². The Bertz CT molecular complexity index is 689. The van der Waals surface area contributed by atoms with Crippen LogP contribution in [0.25, 0.3) is 0 Å². The zero-order valence-electron chi connectivity index (χ0n) is 15.0. The quantitative estimate of drug-likeness (QED) is 0.574. The van der Waals surface area contributed by atoms with Gasteiger partial charge >= 0.3 is 0 Å². The van der Waals surface area contributed by atoms with Crippen molar-refractivity contribution in [3.63, 3.8) is 0 Å². The monoisotopic (exact) mass is 381 g/mol. The topological polar surface area (TPSA) is 21.7 Å². The van der Waals surface area contributed by atoms with Crippen LogP contribution in [-0.4, -0.2) is 32.1 Å². The summed E-state index contributed by atoms with van der Waals surface area (Å²) in [6, 6.07) is 11.5. The Morgan fingerprint density at radius 2 is 1.76 bits per heavy atom. The van der Waals surface area contributed by atoms with E-state index in [1.165, 1.54) is 5.56 Å². The van der Waals surface area contributed by atoms with Crippen molar-refractivity contribution in [3.8, 4) is 11.5 Å². The molecule has 0 radical (unpaired) electrons. The second kappa shape index (κ2) is 9.91. The van der Waals surface area contributed by atoms with Gasteiger partial charge in [-0.05, 0) is 70.2 Å². The van der Waals surface area contributed by atoms with Crippen molar-refractivity contribution >= 4 is 23.2 Å². The summed E-state index contributed by atoms with van der Waals surface area (Å²) in [7, 11) is 4.18. The summed E-state index contributed by atoms with van der Waals surface area (Å²) in [4.78, 5) is 2.19. The van der Waals surface area contributed by atoms with Crippen molar-refractivity contribution < 1.29 is 9.47 Å². The third-order valence-electron chi connectivity index (χ3n) is 3.78. The molecular weight excluding hydrogens is 357 g/mol. The molecular formula is C20H25Cl2NO2. The van der Waals surface area contributed by atoms with Gasteiger partial charge in [-0.1, -0.05) is 35.3 Å². The van der Waals surface area contributed by atoms with Crippen molar-refractivity contribution in [2.45, 2.75) is 26.4 Å². The molecule has 0 spiro atoms. The highest BCUT2D eigenvalue weighted by Crippen LogP contribution is 2.31. The standard InChI is InChI=1S/C20H25Cl2NO2/c1-4-24-20-12-15(6-5-11-23(2)3)7-10-19(20)25-14-16-8-9-17(21)13-18(16)22/h7-10,12-13H,4-6,11,14H2,1-3H3. The number of nitrogens with zero attached hydrogens (tertiary/aromatic N) is 1. The molecule has 136 valence electrons. The third-order valence-corrected chi connectivity index (χ3v) is 4.36. The molecule has 2 aromatic carbocycles. The first-order valence-electron chi connectivity index (χ1n) is 8.46. The highest BCUT2D eigenvalue weighted by Gasteiger charge is 2.09. The lowest BCUT2D eigenvalue weighted by Gasteiger charge is -2.15. The Labute approximate surface area is 160 Å². The first kappa shape index (κ1) is 19.9. The number of hydrogen-bond acceptors (Lipinski definition) is 3. The van der Waals surface area contributed by atoms with Crippen molar-refractivity contribution in [1.29, 1.82) is 0 Å². The molecule has 0 fully saturated rings. The Hall–Kier alpha value is -1.42. The largest absolute Gasteiger partial charge is 0.490 e. The SMILES string of the molecule is CCOc1cc(CCCN(C)C)ccc1OCc1ccc(Cl)cc1Cl. The number of ether oxygens (including phenoxy) is 2. The summed E-state index contributed by atoms with van der Waals surface area (Å²) in [5.74, 6) is 1.50. The van der Waals surface area contributed by atoms with Crippen LogP contribution in [0.2, 0.25) is 10.0 Å². The van der Waals surface area contributed by atoms with E-state index in [1.54, 1.807) is 6.07 Å². The van der Waals surface area contributed by atoms with Gasteiger partial charge in [0.25, 0.3) is 0 Å². The average molecular weight is 382 g/mol. The van der Waals surface area contributed by atoms with Gasteiger partial charge in [0.2, 0.25) is 0 Å². The Morgan fingerprint density at radius 1 is 0.960 bits per heavy atom.